The summed E-state index contributed by atoms with van der Waals surface area (Å²) in [6, 6.07) is 19.8. The average molecular weight is 301 g/mol. The van der Waals surface area contributed by atoms with Crippen LogP contribution >= 0.6 is 0 Å². The average Bonchev–Trinajstić information content (AvgIpc) is 3.23. The number of hydrogen-bond donors (Lipinski definition) is 2. The summed E-state index contributed by atoms with van der Waals surface area (Å²) >= 11 is 0. The molecule has 0 saturated heterocycles. The van der Waals surface area contributed by atoms with Gasteiger partial charge in [0.1, 0.15) is 11.4 Å². The minimum atomic E-state index is 0.151. The number of nitrogens with one attached hydrogen (secondary N) is 1. The summed E-state index contributed by atoms with van der Waals surface area (Å²) in [7, 11) is 0. The lowest BCUT2D eigenvalue weighted by Crippen LogP contribution is -1.99. The molecule has 2 aromatic carbocycles. The molecule has 2 heterocycles. The normalized spacial score (nSPS) is 13.7. The Morgan fingerprint density at radius 3 is 2.22 bits per heavy atom. The van der Waals surface area contributed by atoms with E-state index < -0.39 is 0 Å². The van der Waals surface area contributed by atoms with Crippen LogP contribution in [0.15, 0.2) is 71.9 Å². The predicted octanol–water partition coefficient (Wildman–Crippen LogP) is 4.02. The summed E-state index contributed by atoms with van der Waals surface area (Å²) in [5.74, 6) is 0.151. The minimum Gasteiger partial charge on any atom is -0.504 e. The van der Waals surface area contributed by atoms with Gasteiger partial charge in [-0.25, -0.2) is 0 Å². The van der Waals surface area contributed by atoms with Crippen molar-refractivity contribution in [2.24, 2.45) is 4.99 Å². The molecule has 0 unspecified atom stereocenters. The van der Waals surface area contributed by atoms with E-state index in [1.54, 1.807) is 0 Å². The van der Waals surface area contributed by atoms with Crippen LogP contribution in [0.3, 0.4) is 0 Å². The Balaban J connectivity index is 1.61. The highest BCUT2D eigenvalue weighted by molar-refractivity contribution is 6.10. The Morgan fingerprint density at radius 2 is 1.52 bits per heavy atom. The fourth-order valence-corrected chi connectivity index (χ4v) is 2.74. The van der Waals surface area contributed by atoms with E-state index in [2.05, 4.69) is 27.3 Å². The number of H-pyrrole nitrogens is 1. The number of aromatic hydroxyl groups is 1. The van der Waals surface area contributed by atoms with Crippen molar-refractivity contribution in [2.45, 2.75) is 6.42 Å². The second kappa shape index (κ2) is 5.57. The number of aliphatic imine (C=N–C) groups is 1. The molecule has 0 aliphatic carbocycles. The third-order valence-electron chi connectivity index (χ3n) is 3.96. The summed E-state index contributed by atoms with van der Waals surface area (Å²) < 4.78 is 0. The lowest BCUT2D eigenvalue weighted by molar-refractivity contribution is 0.476. The minimum absolute atomic E-state index is 0.151. The Morgan fingerprint density at radius 1 is 0.870 bits per heavy atom. The summed E-state index contributed by atoms with van der Waals surface area (Å²) in [5, 5.41) is 17.7. The summed E-state index contributed by atoms with van der Waals surface area (Å²) in [4.78, 5) is 4.45. The molecule has 0 fully saturated rings. The topological polar surface area (TPSA) is 61.3 Å². The van der Waals surface area contributed by atoms with Crippen molar-refractivity contribution >= 4 is 11.3 Å². The molecule has 1 aliphatic heterocycles. The third kappa shape index (κ3) is 2.44. The van der Waals surface area contributed by atoms with Crippen LogP contribution in [0.25, 0.3) is 16.8 Å². The standard InChI is InChI=1S/C19H15N3O/c23-19-17(14-9-5-2-6-10-14)21-22-18(19)16-11-15(12-20-16)13-7-3-1-4-8-13/h1-10,12,23H,11H2,(H,21,22). The highest BCUT2D eigenvalue weighted by Gasteiger charge is 2.21. The van der Waals surface area contributed by atoms with Crippen molar-refractivity contribution in [3.05, 3.63) is 78.1 Å². The van der Waals surface area contributed by atoms with Crippen molar-refractivity contribution in [1.82, 2.24) is 10.2 Å². The van der Waals surface area contributed by atoms with Crippen molar-refractivity contribution < 1.29 is 5.11 Å². The number of aromatic nitrogens is 2. The van der Waals surface area contributed by atoms with Gasteiger partial charge in [0.25, 0.3) is 0 Å². The molecule has 112 valence electrons. The van der Waals surface area contributed by atoms with Crippen LogP contribution in [0.5, 0.6) is 5.75 Å². The first-order chi connectivity index (χ1) is 11.3. The Kier molecular flexibility index (Phi) is 3.27. The Labute approximate surface area is 133 Å². The quantitative estimate of drug-likeness (QED) is 0.767. The molecular weight excluding hydrogens is 286 g/mol. The van der Waals surface area contributed by atoms with Gasteiger partial charge in [-0.2, -0.15) is 5.10 Å². The van der Waals surface area contributed by atoms with Gasteiger partial charge in [0.05, 0.1) is 5.71 Å². The SMILES string of the molecule is Oc1c(-c2ccccc2)n[nH]c1C1=NC=C(c2ccccc2)C1. The zero-order valence-corrected chi connectivity index (χ0v) is 12.4. The molecule has 4 heteroatoms. The summed E-state index contributed by atoms with van der Waals surface area (Å²) in [6.45, 7) is 0. The lowest BCUT2D eigenvalue weighted by Gasteiger charge is -2.03. The van der Waals surface area contributed by atoms with E-state index in [1.807, 2.05) is 54.7 Å². The van der Waals surface area contributed by atoms with E-state index in [0.717, 1.165) is 22.4 Å². The molecule has 1 aliphatic rings. The second-order valence-electron chi connectivity index (χ2n) is 5.43. The Bertz CT molecular complexity index is 893. The van der Waals surface area contributed by atoms with Crippen LogP contribution in [0.4, 0.5) is 0 Å². The molecule has 23 heavy (non-hydrogen) atoms. The number of allylic oxidation sites excluding steroid dienone is 1. The van der Waals surface area contributed by atoms with E-state index in [-0.39, 0.29) is 5.75 Å². The summed E-state index contributed by atoms with van der Waals surface area (Å²) in [5.41, 5.74) is 5.10. The van der Waals surface area contributed by atoms with E-state index in [9.17, 15) is 5.11 Å². The maximum Gasteiger partial charge on any atom is 0.170 e. The number of rotatable bonds is 3. The summed E-state index contributed by atoms with van der Waals surface area (Å²) in [6.07, 6.45) is 2.53. The molecular formula is C19H15N3O. The van der Waals surface area contributed by atoms with Gasteiger partial charge in [0.15, 0.2) is 5.75 Å². The molecule has 4 rings (SSSR count). The zero-order valence-electron chi connectivity index (χ0n) is 12.4. The second-order valence-corrected chi connectivity index (χ2v) is 5.43. The molecule has 0 radical (unpaired) electrons. The first-order valence-corrected chi connectivity index (χ1v) is 7.47. The van der Waals surface area contributed by atoms with Crippen molar-refractivity contribution in [3.8, 4) is 17.0 Å². The molecule has 0 bridgehead atoms. The monoisotopic (exact) mass is 301 g/mol. The third-order valence-corrected chi connectivity index (χ3v) is 3.96. The molecule has 3 aromatic rings. The fraction of sp³-hybridized carbons (Fsp3) is 0.0526. The van der Waals surface area contributed by atoms with Gasteiger partial charge in [0.2, 0.25) is 0 Å². The van der Waals surface area contributed by atoms with Crippen LogP contribution in [-0.2, 0) is 0 Å². The number of aromatic amines is 1. The zero-order chi connectivity index (χ0) is 15.6. The molecule has 0 atom stereocenters. The first kappa shape index (κ1) is 13.5. The predicted molar refractivity (Wildman–Crippen MR) is 91.3 cm³/mol. The smallest absolute Gasteiger partial charge is 0.170 e. The maximum absolute atomic E-state index is 10.5. The number of nitrogens with zero attached hydrogens (tertiary/aromatic N) is 2. The van der Waals surface area contributed by atoms with E-state index in [0.29, 0.717) is 17.8 Å². The highest BCUT2D eigenvalue weighted by Crippen LogP contribution is 2.33. The highest BCUT2D eigenvalue weighted by atomic mass is 16.3. The van der Waals surface area contributed by atoms with Crippen LogP contribution in [0, 0.1) is 0 Å². The Hall–Kier alpha value is -3.14. The van der Waals surface area contributed by atoms with Crippen LogP contribution < -0.4 is 0 Å². The number of benzene rings is 2. The van der Waals surface area contributed by atoms with E-state index in [4.69, 9.17) is 0 Å². The van der Waals surface area contributed by atoms with E-state index >= 15 is 0 Å². The van der Waals surface area contributed by atoms with Crippen LogP contribution in [0.2, 0.25) is 0 Å². The fourth-order valence-electron chi connectivity index (χ4n) is 2.74. The first-order valence-electron chi connectivity index (χ1n) is 7.47. The van der Waals surface area contributed by atoms with Crippen molar-refractivity contribution in [1.29, 1.82) is 0 Å². The van der Waals surface area contributed by atoms with Gasteiger partial charge in [0, 0.05) is 18.2 Å². The maximum atomic E-state index is 10.5. The van der Waals surface area contributed by atoms with Gasteiger partial charge in [-0.1, -0.05) is 60.7 Å². The van der Waals surface area contributed by atoms with Crippen molar-refractivity contribution in [2.75, 3.05) is 0 Å². The van der Waals surface area contributed by atoms with Crippen molar-refractivity contribution in [3.63, 3.8) is 0 Å². The van der Waals surface area contributed by atoms with Crippen LogP contribution in [0.1, 0.15) is 17.7 Å². The van der Waals surface area contributed by atoms with Crippen LogP contribution in [-0.4, -0.2) is 21.0 Å². The molecule has 0 amide bonds. The molecule has 1 aromatic heterocycles. The number of hydrogen-bond acceptors (Lipinski definition) is 3. The van der Waals surface area contributed by atoms with Gasteiger partial charge < -0.3 is 5.11 Å². The largest absolute Gasteiger partial charge is 0.504 e. The molecule has 0 spiro atoms. The van der Waals surface area contributed by atoms with Gasteiger partial charge in [-0.3, -0.25) is 10.1 Å². The molecule has 4 nitrogen and oxygen atoms in total. The van der Waals surface area contributed by atoms with Gasteiger partial charge in [-0.05, 0) is 11.1 Å². The lowest BCUT2D eigenvalue weighted by atomic mass is 10.0. The van der Waals surface area contributed by atoms with Gasteiger partial charge in [-0.15, -0.1) is 0 Å². The van der Waals surface area contributed by atoms with Gasteiger partial charge >= 0.3 is 0 Å². The van der Waals surface area contributed by atoms with E-state index in [1.165, 1.54) is 0 Å². The molecule has 2 N–H and O–H groups in total. The molecule has 0 saturated carbocycles.